The molecule has 3 aromatic rings. The van der Waals surface area contributed by atoms with E-state index in [-0.39, 0.29) is 23.0 Å². The van der Waals surface area contributed by atoms with E-state index in [2.05, 4.69) is 22.2 Å². The molecule has 1 amide bonds. The van der Waals surface area contributed by atoms with Gasteiger partial charge in [0.2, 0.25) is 5.91 Å². The summed E-state index contributed by atoms with van der Waals surface area (Å²) in [4.78, 5) is 34.0. The zero-order chi connectivity index (χ0) is 19.0. The molecule has 4 rings (SSSR count). The van der Waals surface area contributed by atoms with Crippen LogP contribution in [0.25, 0.3) is 10.2 Å². The average Bonchev–Trinajstić information content (AvgIpc) is 2.99. The van der Waals surface area contributed by atoms with Crippen LogP contribution in [0.15, 0.2) is 34.2 Å². The van der Waals surface area contributed by atoms with Crippen LogP contribution in [0.5, 0.6) is 0 Å². The molecule has 1 atom stereocenters. The number of nitrogens with zero attached hydrogens (tertiary/aromatic N) is 1. The first-order valence-electron chi connectivity index (χ1n) is 8.72. The molecule has 1 aliphatic rings. The summed E-state index contributed by atoms with van der Waals surface area (Å²) in [6.07, 6.45) is 3.02. The lowest BCUT2D eigenvalue weighted by molar-refractivity contribution is -0.113. The minimum atomic E-state index is -0.356. The molecule has 0 bridgehead atoms. The van der Waals surface area contributed by atoms with Crippen molar-refractivity contribution in [1.82, 2.24) is 9.97 Å². The second-order valence-corrected chi connectivity index (χ2v) is 8.79. The maximum atomic E-state index is 12.9. The second kappa shape index (κ2) is 7.44. The van der Waals surface area contributed by atoms with E-state index in [9.17, 15) is 14.0 Å². The zero-order valence-corrected chi connectivity index (χ0v) is 16.3. The number of carbonyl (C=O) groups is 1. The molecule has 0 spiro atoms. The third-order valence-electron chi connectivity index (χ3n) is 4.61. The average molecular weight is 404 g/mol. The quantitative estimate of drug-likeness (QED) is 0.510. The number of hydrogen-bond acceptors (Lipinski definition) is 5. The Hall–Kier alpha value is -2.19. The molecule has 0 radical (unpaired) electrons. The molecule has 8 heteroatoms. The van der Waals surface area contributed by atoms with Gasteiger partial charge in [0.05, 0.1) is 11.1 Å². The number of halogens is 1. The highest BCUT2D eigenvalue weighted by atomic mass is 32.2. The number of aromatic nitrogens is 2. The smallest absolute Gasteiger partial charge is 0.260 e. The number of aryl methyl sites for hydroxylation is 1. The standard InChI is InChI=1S/C19H18FN3O2S2/c1-10-2-7-13-14(8-10)27-18-16(13)17(25)22-19(23-18)26-9-15(24)21-12-5-3-11(20)4-6-12/h3-6,10H,2,7-9H2,1H3,(H,21,24)(H,22,23,25)/t10-/m0/s1. The molecule has 27 heavy (non-hydrogen) atoms. The molecule has 0 saturated heterocycles. The Morgan fingerprint density at radius 1 is 1.41 bits per heavy atom. The number of rotatable bonds is 4. The number of hydrogen-bond donors (Lipinski definition) is 2. The molecule has 0 unspecified atom stereocenters. The van der Waals surface area contributed by atoms with Gasteiger partial charge in [-0.1, -0.05) is 18.7 Å². The minimum Gasteiger partial charge on any atom is -0.325 e. The number of benzene rings is 1. The molecule has 1 aliphatic carbocycles. The first kappa shape index (κ1) is 18.2. The molecule has 0 saturated carbocycles. The lowest BCUT2D eigenvalue weighted by Gasteiger charge is -2.17. The normalized spacial score (nSPS) is 16.3. The number of amides is 1. The summed E-state index contributed by atoms with van der Waals surface area (Å²) in [5, 5.41) is 3.84. The maximum absolute atomic E-state index is 12.9. The van der Waals surface area contributed by atoms with Crippen molar-refractivity contribution in [3.05, 3.63) is 50.9 Å². The van der Waals surface area contributed by atoms with Crippen molar-refractivity contribution in [2.75, 3.05) is 11.1 Å². The summed E-state index contributed by atoms with van der Waals surface area (Å²) in [7, 11) is 0. The fourth-order valence-corrected chi connectivity index (χ4v) is 5.36. The van der Waals surface area contributed by atoms with Crippen molar-refractivity contribution in [3.63, 3.8) is 0 Å². The van der Waals surface area contributed by atoms with Gasteiger partial charge in [-0.15, -0.1) is 11.3 Å². The minimum absolute atomic E-state index is 0.105. The van der Waals surface area contributed by atoms with Gasteiger partial charge in [0.15, 0.2) is 5.16 Å². The van der Waals surface area contributed by atoms with Gasteiger partial charge in [-0.05, 0) is 55.0 Å². The Morgan fingerprint density at radius 3 is 2.96 bits per heavy atom. The van der Waals surface area contributed by atoms with Gasteiger partial charge in [0.1, 0.15) is 10.6 Å². The van der Waals surface area contributed by atoms with Crippen molar-refractivity contribution in [2.24, 2.45) is 5.92 Å². The molecule has 2 N–H and O–H groups in total. The highest BCUT2D eigenvalue weighted by Gasteiger charge is 2.23. The fourth-order valence-electron chi connectivity index (χ4n) is 3.26. The highest BCUT2D eigenvalue weighted by molar-refractivity contribution is 7.99. The van der Waals surface area contributed by atoms with E-state index < -0.39 is 0 Å². The number of nitrogens with one attached hydrogen (secondary N) is 2. The Morgan fingerprint density at radius 2 is 2.19 bits per heavy atom. The van der Waals surface area contributed by atoms with E-state index in [4.69, 9.17) is 0 Å². The second-order valence-electron chi connectivity index (χ2n) is 6.75. The number of thioether (sulfide) groups is 1. The van der Waals surface area contributed by atoms with Crippen LogP contribution in [-0.2, 0) is 17.6 Å². The first-order chi connectivity index (χ1) is 13.0. The first-order valence-corrected chi connectivity index (χ1v) is 10.5. The van der Waals surface area contributed by atoms with Gasteiger partial charge >= 0.3 is 0 Å². The number of H-pyrrole nitrogens is 1. The molecule has 2 aromatic heterocycles. The molecule has 0 aliphatic heterocycles. The van der Waals surface area contributed by atoms with E-state index in [1.165, 1.54) is 40.9 Å². The van der Waals surface area contributed by atoms with Crippen molar-refractivity contribution >= 4 is 44.9 Å². The van der Waals surface area contributed by atoms with Crippen LogP contribution in [0.2, 0.25) is 0 Å². The molecule has 5 nitrogen and oxygen atoms in total. The highest BCUT2D eigenvalue weighted by Crippen LogP contribution is 2.36. The summed E-state index contributed by atoms with van der Waals surface area (Å²) in [5.41, 5.74) is 1.54. The Kier molecular flexibility index (Phi) is 5.01. The number of anilines is 1. The van der Waals surface area contributed by atoms with E-state index >= 15 is 0 Å². The van der Waals surface area contributed by atoms with Crippen molar-refractivity contribution in [1.29, 1.82) is 0 Å². The fraction of sp³-hybridized carbons (Fsp3) is 0.316. The van der Waals surface area contributed by atoms with E-state index in [1.807, 2.05) is 0 Å². The third-order valence-corrected chi connectivity index (χ3v) is 6.63. The predicted molar refractivity (Wildman–Crippen MR) is 107 cm³/mol. The molecule has 1 aromatic carbocycles. The molecule has 0 fully saturated rings. The Balaban J connectivity index is 1.48. The molecular weight excluding hydrogens is 385 g/mol. The van der Waals surface area contributed by atoms with Crippen LogP contribution >= 0.6 is 23.1 Å². The Bertz CT molecular complexity index is 1060. The van der Waals surface area contributed by atoms with E-state index in [0.717, 1.165) is 29.7 Å². The Labute approximate surface area is 163 Å². The monoisotopic (exact) mass is 403 g/mol. The topological polar surface area (TPSA) is 74.8 Å². The van der Waals surface area contributed by atoms with E-state index in [1.54, 1.807) is 11.3 Å². The summed E-state index contributed by atoms with van der Waals surface area (Å²) >= 11 is 2.77. The van der Waals surface area contributed by atoms with Crippen LogP contribution < -0.4 is 10.9 Å². The lowest BCUT2D eigenvalue weighted by Crippen LogP contribution is -2.16. The number of aromatic amines is 1. The largest absolute Gasteiger partial charge is 0.325 e. The number of thiophene rings is 1. The maximum Gasteiger partial charge on any atom is 0.260 e. The third kappa shape index (κ3) is 3.91. The van der Waals surface area contributed by atoms with Crippen LogP contribution in [0, 0.1) is 11.7 Å². The summed E-state index contributed by atoms with van der Waals surface area (Å²) in [6.45, 7) is 2.23. The van der Waals surface area contributed by atoms with Gasteiger partial charge in [-0.2, -0.15) is 0 Å². The molecule has 2 heterocycles. The van der Waals surface area contributed by atoms with Crippen molar-refractivity contribution in [3.8, 4) is 0 Å². The number of carbonyl (C=O) groups excluding carboxylic acids is 1. The van der Waals surface area contributed by atoms with Crippen LogP contribution in [-0.4, -0.2) is 21.6 Å². The summed E-state index contributed by atoms with van der Waals surface area (Å²) in [5.74, 6) is 0.140. The van der Waals surface area contributed by atoms with E-state index in [0.29, 0.717) is 22.1 Å². The van der Waals surface area contributed by atoms with Gasteiger partial charge < -0.3 is 10.3 Å². The van der Waals surface area contributed by atoms with Crippen LogP contribution in [0.4, 0.5) is 10.1 Å². The van der Waals surface area contributed by atoms with Crippen LogP contribution in [0.3, 0.4) is 0 Å². The van der Waals surface area contributed by atoms with Crippen LogP contribution in [0.1, 0.15) is 23.8 Å². The van der Waals surface area contributed by atoms with Crippen molar-refractivity contribution < 1.29 is 9.18 Å². The molecule has 140 valence electrons. The van der Waals surface area contributed by atoms with Crippen molar-refractivity contribution in [2.45, 2.75) is 31.3 Å². The van der Waals surface area contributed by atoms with Gasteiger partial charge in [-0.3, -0.25) is 9.59 Å². The summed E-state index contributed by atoms with van der Waals surface area (Å²) in [6, 6.07) is 5.58. The predicted octanol–water partition coefficient (Wildman–Crippen LogP) is 3.98. The number of fused-ring (bicyclic) bond motifs is 3. The van der Waals surface area contributed by atoms with Gasteiger partial charge in [0.25, 0.3) is 5.56 Å². The summed E-state index contributed by atoms with van der Waals surface area (Å²) < 4.78 is 12.9. The van der Waals surface area contributed by atoms with Gasteiger partial charge in [-0.25, -0.2) is 9.37 Å². The molecular formula is C19H18FN3O2S2. The lowest BCUT2D eigenvalue weighted by atomic mass is 9.89. The SMILES string of the molecule is C[C@H]1CCc2c(sc3nc(SCC(=O)Nc4ccc(F)cc4)[nH]c(=O)c23)C1. The zero-order valence-electron chi connectivity index (χ0n) is 14.7. The van der Waals surface area contributed by atoms with Gasteiger partial charge in [0, 0.05) is 10.6 Å².